The van der Waals surface area contributed by atoms with Gasteiger partial charge >= 0.3 is 6.55 Å². The standard InChI is InChI=1S/C14H16BrF2N3O/c1-2-18-8-10-7-11(15)3-4-12(10)21-9-13-19-5-6-20(13)14(16)17/h3-7,14,18H,2,8-9H2,1H3. The van der Waals surface area contributed by atoms with Crippen LogP contribution in [0.15, 0.2) is 35.1 Å². The van der Waals surface area contributed by atoms with Crippen molar-refractivity contribution < 1.29 is 13.5 Å². The van der Waals surface area contributed by atoms with Gasteiger partial charge in [0.2, 0.25) is 0 Å². The topological polar surface area (TPSA) is 39.1 Å². The van der Waals surface area contributed by atoms with Crippen molar-refractivity contribution >= 4 is 15.9 Å². The van der Waals surface area contributed by atoms with Gasteiger partial charge < -0.3 is 10.1 Å². The van der Waals surface area contributed by atoms with Crippen molar-refractivity contribution in [3.05, 3.63) is 46.5 Å². The molecule has 0 saturated carbocycles. The Hall–Kier alpha value is -1.47. The number of hydrogen-bond acceptors (Lipinski definition) is 3. The maximum atomic E-state index is 12.7. The van der Waals surface area contributed by atoms with E-state index in [1.807, 2.05) is 25.1 Å². The lowest BCUT2D eigenvalue weighted by atomic mass is 10.2. The monoisotopic (exact) mass is 359 g/mol. The van der Waals surface area contributed by atoms with Gasteiger partial charge in [-0.3, -0.25) is 4.57 Å². The Morgan fingerprint density at radius 2 is 2.24 bits per heavy atom. The molecule has 0 aliphatic heterocycles. The number of nitrogens with one attached hydrogen (secondary N) is 1. The third-order valence-corrected chi connectivity index (χ3v) is 3.40. The van der Waals surface area contributed by atoms with Crippen LogP contribution in [0.3, 0.4) is 0 Å². The molecule has 2 rings (SSSR count). The van der Waals surface area contributed by atoms with Crippen LogP contribution in [0, 0.1) is 0 Å². The number of benzene rings is 1. The second-order valence-electron chi connectivity index (χ2n) is 4.35. The number of halogens is 3. The Kier molecular flexibility index (Phi) is 5.69. The summed E-state index contributed by atoms with van der Waals surface area (Å²) in [4.78, 5) is 3.89. The van der Waals surface area contributed by atoms with Gasteiger partial charge in [-0.15, -0.1) is 0 Å². The van der Waals surface area contributed by atoms with Gasteiger partial charge in [-0.05, 0) is 24.7 Å². The van der Waals surface area contributed by atoms with Crippen molar-refractivity contribution in [3.8, 4) is 5.75 Å². The SMILES string of the molecule is CCNCc1cc(Br)ccc1OCc1nccn1C(F)F. The lowest BCUT2D eigenvalue weighted by molar-refractivity contribution is 0.0632. The molecule has 4 nitrogen and oxygen atoms in total. The fourth-order valence-electron chi connectivity index (χ4n) is 1.86. The lowest BCUT2D eigenvalue weighted by Gasteiger charge is -2.13. The first kappa shape index (κ1) is 15.9. The first-order valence-corrected chi connectivity index (χ1v) is 7.33. The minimum atomic E-state index is -2.61. The molecule has 0 amide bonds. The molecule has 21 heavy (non-hydrogen) atoms. The summed E-state index contributed by atoms with van der Waals surface area (Å²) in [6, 6.07) is 5.61. The molecule has 0 fully saturated rings. The predicted molar refractivity (Wildman–Crippen MR) is 79.3 cm³/mol. The van der Waals surface area contributed by atoms with Crippen molar-refractivity contribution in [1.29, 1.82) is 0 Å². The van der Waals surface area contributed by atoms with Crippen molar-refractivity contribution in [2.75, 3.05) is 6.54 Å². The third kappa shape index (κ3) is 4.25. The van der Waals surface area contributed by atoms with Crippen LogP contribution in [0.25, 0.3) is 0 Å². The molecule has 7 heteroatoms. The highest BCUT2D eigenvalue weighted by molar-refractivity contribution is 9.10. The van der Waals surface area contributed by atoms with Gasteiger partial charge in [0.05, 0.1) is 0 Å². The average molecular weight is 360 g/mol. The zero-order valence-corrected chi connectivity index (χ0v) is 13.1. The first-order chi connectivity index (χ1) is 10.1. The van der Waals surface area contributed by atoms with Gasteiger partial charge in [0.25, 0.3) is 0 Å². The van der Waals surface area contributed by atoms with Crippen LogP contribution in [0.4, 0.5) is 8.78 Å². The van der Waals surface area contributed by atoms with Crippen LogP contribution >= 0.6 is 15.9 Å². The van der Waals surface area contributed by atoms with Crippen LogP contribution in [-0.2, 0) is 13.2 Å². The van der Waals surface area contributed by atoms with Crippen LogP contribution in [0.2, 0.25) is 0 Å². The molecule has 0 aliphatic rings. The summed E-state index contributed by atoms with van der Waals surface area (Å²) in [5.41, 5.74) is 0.960. The normalized spacial score (nSPS) is 11.1. The summed E-state index contributed by atoms with van der Waals surface area (Å²) in [6.07, 6.45) is 2.58. The predicted octanol–water partition coefficient (Wildman–Crippen LogP) is 3.73. The van der Waals surface area contributed by atoms with Gasteiger partial charge in [-0.25, -0.2) is 4.98 Å². The zero-order valence-electron chi connectivity index (χ0n) is 11.5. The van der Waals surface area contributed by atoms with E-state index in [9.17, 15) is 8.78 Å². The number of imidazole rings is 1. The molecule has 1 aromatic heterocycles. The highest BCUT2D eigenvalue weighted by Gasteiger charge is 2.12. The Morgan fingerprint density at radius 3 is 2.95 bits per heavy atom. The molecular weight excluding hydrogens is 344 g/mol. The van der Waals surface area contributed by atoms with E-state index in [1.54, 1.807) is 0 Å². The second-order valence-corrected chi connectivity index (χ2v) is 5.27. The number of rotatable bonds is 7. The zero-order chi connectivity index (χ0) is 15.2. The highest BCUT2D eigenvalue weighted by atomic mass is 79.9. The molecule has 0 unspecified atom stereocenters. The van der Waals surface area contributed by atoms with Gasteiger partial charge in [0, 0.05) is 29.0 Å². The number of aromatic nitrogens is 2. The second kappa shape index (κ2) is 7.51. The van der Waals surface area contributed by atoms with E-state index in [-0.39, 0.29) is 12.4 Å². The summed E-state index contributed by atoms with van der Waals surface area (Å²) in [5, 5.41) is 3.21. The van der Waals surface area contributed by atoms with Crippen LogP contribution in [0.1, 0.15) is 24.9 Å². The molecule has 1 aromatic carbocycles. The van der Waals surface area contributed by atoms with Gasteiger partial charge in [0.1, 0.15) is 12.4 Å². The molecular formula is C14H16BrF2N3O. The summed E-state index contributed by atoms with van der Waals surface area (Å²) in [6.45, 7) is 0.879. The number of ether oxygens (including phenoxy) is 1. The van der Waals surface area contributed by atoms with E-state index in [1.165, 1.54) is 12.4 Å². The molecule has 0 bridgehead atoms. The highest BCUT2D eigenvalue weighted by Crippen LogP contribution is 2.24. The molecule has 1 heterocycles. The summed E-state index contributed by atoms with van der Waals surface area (Å²) < 4.78 is 32.9. The number of nitrogens with zero attached hydrogens (tertiary/aromatic N) is 2. The van der Waals surface area contributed by atoms with Crippen molar-refractivity contribution in [1.82, 2.24) is 14.9 Å². The van der Waals surface area contributed by atoms with E-state index < -0.39 is 6.55 Å². The van der Waals surface area contributed by atoms with E-state index in [0.29, 0.717) is 12.3 Å². The molecule has 0 saturated heterocycles. The Labute approximate surface area is 130 Å². The fraction of sp³-hybridized carbons (Fsp3) is 0.357. The fourth-order valence-corrected chi connectivity index (χ4v) is 2.27. The maximum Gasteiger partial charge on any atom is 0.320 e. The quantitative estimate of drug-likeness (QED) is 0.818. The molecule has 114 valence electrons. The lowest BCUT2D eigenvalue weighted by Crippen LogP contribution is -2.13. The smallest absolute Gasteiger partial charge is 0.320 e. The largest absolute Gasteiger partial charge is 0.485 e. The Bertz CT molecular complexity index is 589. The maximum absolute atomic E-state index is 12.7. The van der Waals surface area contributed by atoms with Crippen LogP contribution in [-0.4, -0.2) is 16.1 Å². The van der Waals surface area contributed by atoms with Crippen molar-refractivity contribution in [2.24, 2.45) is 0 Å². The first-order valence-electron chi connectivity index (χ1n) is 6.53. The Balaban J connectivity index is 2.10. The molecule has 0 atom stereocenters. The van der Waals surface area contributed by atoms with E-state index in [0.717, 1.165) is 21.1 Å². The third-order valence-electron chi connectivity index (χ3n) is 2.90. The van der Waals surface area contributed by atoms with Gasteiger partial charge in [0.15, 0.2) is 5.82 Å². The van der Waals surface area contributed by atoms with E-state index >= 15 is 0 Å². The van der Waals surface area contributed by atoms with E-state index in [4.69, 9.17) is 4.74 Å². The Morgan fingerprint density at radius 1 is 1.43 bits per heavy atom. The molecule has 0 spiro atoms. The minimum Gasteiger partial charge on any atom is -0.485 e. The molecule has 0 radical (unpaired) electrons. The minimum absolute atomic E-state index is 0.00189. The van der Waals surface area contributed by atoms with Crippen molar-refractivity contribution in [3.63, 3.8) is 0 Å². The average Bonchev–Trinajstić information content (AvgIpc) is 2.92. The van der Waals surface area contributed by atoms with E-state index in [2.05, 4.69) is 26.2 Å². The molecule has 1 N–H and O–H groups in total. The number of hydrogen-bond donors (Lipinski definition) is 1. The summed E-state index contributed by atoms with van der Waals surface area (Å²) in [7, 11) is 0. The van der Waals surface area contributed by atoms with Crippen LogP contribution in [0.5, 0.6) is 5.75 Å². The molecule has 0 aliphatic carbocycles. The molecule has 2 aromatic rings. The summed E-state index contributed by atoms with van der Waals surface area (Å²) in [5.74, 6) is 0.852. The van der Waals surface area contributed by atoms with Gasteiger partial charge in [-0.2, -0.15) is 8.78 Å². The summed E-state index contributed by atoms with van der Waals surface area (Å²) >= 11 is 3.41. The number of alkyl halides is 2. The van der Waals surface area contributed by atoms with Crippen molar-refractivity contribution in [2.45, 2.75) is 26.6 Å². The van der Waals surface area contributed by atoms with Gasteiger partial charge in [-0.1, -0.05) is 22.9 Å². The van der Waals surface area contributed by atoms with Crippen LogP contribution < -0.4 is 10.1 Å².